The third kappa shape index (κ3) is 3.28. The molecule has 0 aliphatic heterocycles. The fraction of sp³-hybridized carbons (Fsp3) is 0.885. The van der Waals surface area contributed by atoms with E-state index in [0.29, 0.717) is 35.5 Å². The summed E-state index contributed by atoms with van der Waals surface area (Å²) in [5.41, 5.74) is 1.57. The molecule has 4 rings (SSSR count). The van der Waals surface area contributed by atoms with E-state index in [4.69, 9.17) is 5.11 Å². The van der Waals surface area contributed by atoms with Crippen LogP contribution < -0.4 is 0 Å². The number of carboxylic acids is 1. The first-order chi connectivity index (χ1) is 14.1. The van der Waals surface area contributed by atoms with Gasteiger partial charge in [-0.15, -0.1) is 0 Å². The fourth-order valence-electron chi connectivity index (χ4n) is 9.00. The van der Waals surface area contributed by atoms with E-state index in [2.05, 4.69) is 33.8 Å². The molecule has 4 heteroatoms. The van der Waals surface area contributed by atoms with Crippen molar-refractivity contribution in [1.82, 2.24) is 0 Å². The lowest BCUT2D eigenvalue weighted by molar-refractivity contribution is -0.147. The Kier molecular flexibility index (Phi) is 5.89. The van der Waals surface area contributed by atoms with Crippen LogP contribution in [0.1, 0.15) is 85.5 Å². The molecule has 0 aromatic heterocycles. The van der Waals surface area contributed by atoms with Crippen LogP contribution in [0.5, 0.6) is 0 Å². The Labute approximate surface area is 182 Å². The Morgan fingerprint density at radius 1 is 1.10 bits per heavy atom. The molecule has 0 bridgehead atoms. The van der Waals surface area contributed by atoms with Gasteiger partial charge < -0.3 is 15.3 Å². The molecule has 3 N–H and O–H groups in total. The summed E-state index contributed by atoms with van der Waals surface area (Å²) < 4.78 is 0. The van der Waals surface area contributed by atoms with Crippen LogP contribution in [0.25, 0.3) is 0 Å². The van der Waals surface area contributed by atoms with E-state index in [0.717, 1.165) is 38.5 Å². The van der Waals surface area contributed by atoms with Gasteiger partial charge in [0.25, 0.3) is 0 Å². The van der Waals surface area contributed by atoms with Gasteiger partial charge in [0.05, 0.1) is 12.2 Å². The van der Waals surface area contributed by atoms with Gasteiger partial charge in [-0.2, -0.15) is 0 Å². The molecule has 0 aromatic rings. The lowest BCUT2D eigenvalue weighted by Gasteiger charge is -2.63. The van der Waals surface area contributed by atoms with Crippen LogP contribution in [0.2, 0.25) is 0 Å². The Balaban J connectivity index is 1.63. The number of carboxylic acid groups (broad SMARTS) is 1. The molecule has 0 aromatic carbocycles. The molecular weight excluding hydrogens is 376 g/mol. The van der Waals surface area contributed by atoms with Crippen LogP contribution in [0, 0.1) is 46.3 Å². The molecule has 4 fully saturated rings. The third-order valence-electron chi connectivity index (χ3n) is 10.5. The fourth-order valence-corrected chi connectivity index (χ4v) is 9.00. The lowest BCUT2D eigenvalue weighted by Crippen LogP contribution is -2.59. The maximum atomic E-state index is 11.6. The van der Waals surface area contributed by atoms with E-state index in [1.165, 1.54) is 18.4 Å². The maximum Gasteiger partial charge on any atom is 0.303 e. The van der Waals surface area contributed by atoms with Crippen LogP contribution in [0.15, 0.2) is 11.6 Å². The summed E-state index contributed by atoms with van der Waals surface area (Å²) in [5.74, 6) is 1.94. The highest BCUT2D eigenvalue weighted by molar-refractivity contribution is 5.66. The molecule has 4 aliphatic carbocycles. The Hall–Kier alpha value is -0.870. The van der Waals surface area contributed by atoms with Gasteiger partial charge in [-0.25, -0.2) is 0 Å². The highest BCUT2D eigenvalue weighted by atomic mass is 16.4. The van der Waals surface area contributed by atoms with Crippen molar-refractivity contribution >= 4 is 5.97 Å². The Bertz CT molecular complexity index is 701. The zero-order valence-electron chi connectivity index (χ0n) is 19.3. The number of rotatable bonds is 4. The predicted octanol–water partition coefficient (Wildman–Crippen LogP) is 5.03. The van der Waals surface area contributed by atoms with E-state index in [1.54, 1.807) is 0 Å². The molecule has 4 nitrogen and oxygen atoms in total. The second kappa shape index (κ2) is 7.92. The molecule has 170 valence electrons. The molecule has 0 radical (unpaired) electrons. The van der Waals surface area contributed by atoms with Gasteiger partial charge in [-0.05, 0) is 110 Å². The first-order valence-corrected chi connectivity index (χ1v) is 12.4. The molecule has 0 heterocycles. The zero-order chi connectivity index (χ0) is 21.8. The van der Waals surface area contributed by atoms with Crippen LogP contribution >= 0.6 is 0 Å². The van der Waals surface area contributed by atoms with Gasteiger partial charge in [-0.3, -0.25) is 4.79 Å². The van der Waals surface area contributed by atoms with E-state index in [9.17, 15) is 15.0 Å². The topological polar surface area (TPSA) is 77.8 Å². The average molecular weight is 419 g/mol. The number of carbonyl (C=O) groups is 1. The molecule has 0 saturated heterocycles. The lowest BCUT2D eigenvalue weighted by atomic mass is 9.42. The number of aliphatic hydroxyl groups excluding tert-OH is 2. The zero-order valence-corrected chi connectivity index (χ0v) is 19.3. The predicted molar refractivity (Wildman–Crippen MR) is 118 cm³/mol. The molecule has 30 heavy (non-hydrogen) atoms. The smallest absolute Gasteiger partial charge is 0.303 e. The summed E-state index contributed by atoms with van der Waals surface area (Å²) in [6, 6.07) is 0. The molecule has 4 aliphatic rings. The third-order valence-corrected chi connectivity index (χ3v) is 10.5. The minimum Gasteiger partial charge on any atom is -0.481 e. The van der Waals surface area contributed by atoms with Crippen molar-refractivity contribution in [2.75, 3.05) is 0 Å². The van der Waals surface area contributed by atoms with Crippen molar-refractivity contribution in [3.05, 3.63) is 11.6 Å². The summed E-state index contributed by atoms with van der Waals surface area (Å²) in [7, 11) is 0. The molecular formula is C26H42O4. The highest BCUT2D eigenvalue weighted by Gasteiger charge is 2.63. The summed E-state index contributed by atoms with van der Waals surface area (Å²) in [5, 5.41) is 31.2. The molecule has 0 unspecified atom stereocenters. The number of aliphatic carboxylic acids is 1. The minimum absolute atomic E-state index is 0.180. The summed E-state index contributed by atoms with van der Waals surface area (Å²) in [6.07, 6.45) is 9.99. The maximum absolute atomic E-state index is 11.6. The van der Waals surface area contributed by atoms with Crippen molar-refractivity contribution in [2.24, 2.45) is 46.3 Å². The van der Waals surface area contributed by atoms with Crippen molar-refractivity contribution in [3.63, 3.8) is 0 Å². The van der Waals surface area contributed by atoms with E-state index >= 15 is 0 Å². The van der Waals surface area contributed by atoms with Gasteiger partial charge in [0, 0.05) is 6.42 Å². The molecule has 0 amide bonds. The molecule has 0 spiro atoms. The Morgan fingerprint density at radius 2 is 1.77 bits per heavy atom. The van der Waals surface area contributed by atoms with E-state index < -0.39 is 5.97 Å². The monoisotopic (exact) mass is 418 g/mol. The van der Waals surface area contributed by atoms with Crippen LogP contribution in [0.3, 0.4) is 0 Å². The van der Waals surface area contributed by atoms with Gasteiger partial charge in [0.2, 0.25) is 0 Å². The second-order valence-electron chi connectivity index (χ2n) is 11.6. The normalized spacial score (nSPS) is 50.5. The Morgan fingerprint density at radius 3 is 2.43 bits per heavy atom. The molecule has 4 saturated carbocycles. The van der Waals surface area contributed by atoms with Crippen molar-refractivity contribution < 1.29 is 20.1 Å². The summed E-state index contributed by atoms with van der Waals surface area (Å²) in [4.78, 5) is 11.1. The van der Waals surface area contributed by atoms with Crippen LogP contribution in [-0.4, -0.2) is 33.5 Å². The standard InChI is InChI=1S/C26H42O4/c1-5-17-21-14-16(27)10-12-26(21,4)20-11-13-25(3)18(15(2)6-9-22(28)29)7-8-19(25)23(20)24(17)30/h5,15-16,18-21,23-24,27,30H,6-14H2,1-4H3,(H,28,29)/b17-5+/t15-,16-,18-,19+,20+,21+,23+,24+,25-,26-/m1/s1. The number of fused-ring (bicyclic) bond motifs is 5. The van der Waals surface area contributed by atoms with Crippen molar-refractivity contribution in [1.29, 1.82) is 0 Å². The van der Waals surface area contributed by atoms with Crippen molar-refractivity contribution in [2.45, 2.75) is 97.7 Å². The SMILES string of the molecule is C/C=C1/[C@H](O)[C@@H]2[C@H](CC[C@]3(C)[C@@H]([C@H](C)CCC(=O)O)CC[C@@H]23)[C@@]2(C)CC[C@@H](O)C[C@@H]12. The average Bonchev–Trinajstić information content (AvgIpc) is 3.05. The summed E-state index contributed by atoms with van der Waals surface area (Å²) >= 11 is 0. The van der Waals surface area contributed by atoms with E-state index in [-0.39, 0.29) is 29.5 Å². The number of allylic oxidation sites excluding steroid dienone is 1. The first kappa shape index (κ1) is 22.3. The van der Waals surface area contributed by atoms with Gasteiger partial charge in [0.1, 0.15) is 0 Å². The number of hydrogen-bond donors (Lipinski definition) is 3. The van der Waals surface area contributed by atoms with Crippen molar-refractivity contribution in [3.8, 4) is 0 Å². The quantitative estimate of drug-likeness (QED) is 0.559. The van der Waals surface area contributed by atoms with Gasteiger partial charge >= 0.3 is 5.97 Å². The van der Waals surface area contributed by atoms with Crippen LogP contribution in [0.4, 0.5) is 0 Å². The number of aliphatic hydroxyl groups is 2. The molecule has 10 atom stereocenters. The highest BCUT2D eigenvalue weighted by Crippen LogP contribution is 2.69. The summed E-state index contributed by atoms with van der Waals surface area (Å²) in [6.45, 7) is 9.21. The van der Waals surface area contributed by atoms with Crippen LogP contribution in [-0.2, 0) is 4.79 Å². The largest absolute Gasteiger partial charge is 0.481 e. The van der Waals surface area contributed by atoms with E-state index in [1.807, 2.05) is 0 Å². The first-order valence-electron chi connectivity index (χ1n) is 12.4. The van der Waals surface area contributed by atoms with Gasteiger partial charge in [0.15, 0.2) is 0 Å². The van der Waals surface area contributed by atoms with Gasteiger partial charge in [-0.1, -0.05) is 26.8 Å². The minimum atomic E-state index is -0.691. The number of hydrogen-bond acceptors (Lipinski definition) is 3. The second-order valence-corrected chi connectivity index (χ2v) is 11.6.